The molecule has 0 atom stereocenters. The molecule has 5 aromatic rings. The highest BCUT2D eigenvalue weighted by Crippen LogP contribution is 2.39. The van der Waals surface area contributed by atoms with Crippen LogP contribution < -0.4 is 5.32 Å². The first-order valence-electron chi connectivity index (χ1n) is 10.8. The number of nitrogens with one attached hydrogen (secondary N) is 1. The van der Waals surface area contributed by atoms with Crippen molar-refractivity contribution < 1.29 is 9.90 Å². The number of azo groups is 1. The van der Waals surface area contributed by atoms with Crippen LogP contribution in [0.15, 0.2) is 89.5 Å². The molecule has 2 heterocycles. The number of amides is 1. The van der Waals surface area contributed by atoms with E-state index in [1.165, 1.54) is 23.3 Å². The number of aromatic hydroxyl groups is 1. The molecule has 10 nitrogen and oxygen atoms in total. The molecule has 174 valence electrons. The minimum Gasteiger partial charge on any atom is -0.505 e. The van der Waals surface area contributed by atoms with Crippen LogP contribution in [0.2, 0.25) is 0 Å². The lowest BCUT2D eigenvalue weighted by Crippen LogP contribution is -2.13. The Hall–Kier alpha value is -5.43. The number of hydrogen-bond donors (Lipinski definition) is 2. The van der Waals surface area contributed by atoms with Gasteiger partial charge in [-0.15, -0.1) is 10.2 Å². The molecule has 0 fully saturated rings. The van der Waals surface area contributed by atoms with Crippen molar-refractivity contribution in [2.24, 2.45) is 10.2 Å². The van der Waals surface area contributed by atoms with Crippen molar-refractivity contribution in [1.82, 2.24) is 19.7 Å². The van der Waals surface area contributed by atoms with Crippen LogP contribution in [0.3, 0.4) is 0 Å². The smallest absolute Gasteiger partial charge is 0.260 e. The predicted molar refractivity (Wildman–Crippen MR) is 134 cm³/mol. The Morgan fingerprint density at radius 2 is 1.81 bits per heavy atom. The van der Waals surface area contributed by atoms with Crippen LogP contribution in [0.5, 0.6) is 5.75 Å². The molecular weight excluding hydrogens is 456 g/mol. The second-order valence-electron chi connectivity index (χ2n) is 7.74. The highest BCUT2D eigenvalue weighted by Gasteiger charge is 2.21. The lowest BCUT2D eigenvalue weighted by Gasteiger charge is -2.13. The third-order valence-electron chi connectivity index (χ3n) is 5.46. The van der Waals surface area contributed by atoms with Gasteiger partial charge < -0.3 is 10.4 Å². The Morgan fingerprint density at radius 1 is 1.06 bits per heavy atom. The second kappa shape index (κ2) is 9.44. The molecule has 0 unspecified atom stereocenters. The van der Waals surface area contributed by atoms with E-state index in [4.69, 9.17) is 6.57 Å². The third kappa shape index (κ3) is 4.12. The van der Waals surface area contributed by atoms with Gasteiger partial charge in [0.15, 0.2) is 11.6 Å². The molecule has 0 spiro atoms. The fourth-order valence-corrected chi connectivity index (χ4v) is 3.68. The van der Waals surface area contributed by atoms with E-state index in [9.17, 15) is 9.90 Å². The summed E-state index contributed by atoms with van der Waals surface area (Å²) in [5.41, 5.74) is 1.76. The second-order valence-corrected chi connectivity index (χ2v) is 7.74. The van der Waals surface area contributed by atoms with E-state index >= 15 is 0 Å². The van der Waals surface area contributed by atoms with Crippen LogP contribution in [0.4, 0.5) is 22.9 Å². The van der Waals surface area contributed by atoms with Crippen molar-refractivity contribution in [3.05, 3.63) is 102 Å². The third-order valence-corrected chi connectivity index (χ3v) is 5.46. The highest BCUT2D eigenvalue weighted by atomic mass is 16.3. The average molecular weight is 474 g/mol. The van der Waals surface area contributed by atoms with Crippen molar-refractivity contribution in [3.8, 4) is 11.7 Å². The van der Waals surface area contributed by atoms with Crippen LogP contribution in [0.1, 0.15) is 15.9 Å². The standard InChI is InChI=1S/C26H18N8O2/c1-16-8-3-6-11-19(16)31-25(36)22-18-10-5-4-9-17(18)14-20(23(22)35)32-33-24-21(27-2)15-30-34(24)26-28-12-7-13-29-26/h3-15,35H,1H3,(H,31,36). The summed E-state index contributed by atoms with van der Waals surface area (Å²) in [5.74, 6) is -0.522. The van der Waals surface area contributed by atoms with Gasteiger partial charge in [-0.05, 0) is 41.5 Å². The van der Waals surface area contributed by atoms with E-state index < -0.39 is 5.91 Å². The van der Waals surface area contributed by atoms with Crippen molar-refractivity contribution in [2.45, 2.75) is 6.92 Å². The van der Waals surface area contributed by atoms with Gasteiger partial charge in [-0.25, -0.2) is 14.8 Å². The fraction of sp³-hybridized carbons (Fsp3) is 0.0385. The number of rotatable bonds is 5. The molecule has 0 saturated heterocycles. The molecule has 0 aliphatic heterocycles. The first-order chi connectivity index (χ1) is 17.6. The number of carbonyl (C=O) groups is 1. The number of carbonyl (C=O) groups excluding carboxylic acids is 1. The maximum atomic E-state index is 13.3. The molecule has 36 heavy (non-hydrogen) atoms. The number of aryl methyl sites for hydroxylation is 1. The molecule has 0 aliphatic carbocycles. The number of phenols is 1. The Kier molecular flexibility index (Phi) is 5.86. The first kappa shape index (κ1) is 22.4. The van der Waals surface area contributed by atoms with Crippen LogP contribution in [0.25, 0.3) is 21.6 Å². The molecule has 0 aliphatic rings. The lowest BCUT2D eigenvalue weighted by atomic mass is 10.0. The predicted octanol–water partition coefficient (Wildman–Crippen LogP) is 6.05. The maximum Gasteiger partial charge on any atom is 0.260 e. The fourth-order valence-electron chi connectivity index (χ4n) is 3.68. The lowest BCUT2D eigenvalue weighted by molar-refractivity contribution is 0.102. The SMILES string of the molecule is [C-]#[N+]c1cnn(-c2ncccn2)c1N=Nc1cc2ccccc2c(C(=O)Nc2ccccc2C)c1O. The topological polar surface area (TPSA) is 122 Å². The summed E-state index contributed by atoms with van der Waals surface area (Å²) in [4.78, 5) is 25.0. The van der Waals surface area contributed by atoms with E-state index in [1.54, 1.807) is 30.3 Å². The zero-order valence-corrected chi connectivity index (χ0v) is 19.0. The van der Waals surface area contributed by atoms with Gasteiger partial charge in [0.2, 0.25) is 0 Å². The molecule has 0 saturated carbocycles. The van der Waals surface area contributed by atoms with Gasteiger partial charge in [-0.1, -0.05) is 42.5 Å². The van der Waals surface area contributed by atoms with Crippen molar-refractivity contribution >= 4 is 39.6 Å². The summed E-state index contributed by atoms with van der Waals surface area (Å²) < 4.78 is 1.28. The quantitative estimate of drug-likeness (QED) is 0.237. The number of hydrogen-bond acceptors (Lipinski definition) is 7. The van der Waals surface area contributed by atoms with Crippen LogP contribution >= 0.6 is 0 Å². The summed E-state index contributed by atoms with van der Waals surface area (Å²) >= 11 is 0. The minimum atomic E-state index is -0.486. The van der Waals surface area contributed by atoms with Crippen molar-refractivity contribution in [3.63, 3.8) is 0 Å². The Morgan fingerprint density at radius 3 is 2.58 bits per heavy atom. The van der Waals surface area contributed by atoms with Crippen LogP contribution in [0, 0.1) is 13.5 Å². The van der Waals surface area contributed by atoms with Crippen LogP contribution in [-0.4, -0.2) is 30.8 Å². The summed E-state index contributed by atoms with van der Waals surface area (Å²) in [7, 11) is 0. The zero-order valence-electron chi connectivity index (χ0n) is 19.0. The van der Waals surface area contributed by atoms with Crippen molar-refractivity contribution in [1.29, 1.82) is 0 Å². The molecule has 5 rings (SSSR count). The number of fused-ring (bicyclic) bond motifs is 1. The largest absolute Gasteiger partial charge is 0.505 e. The van der Waals surface area contributed by atoms with Crippen LogP contribution in [-0.2, 0) is 0 Å². The summed E-state index contributed by atoms with van der Waals surface area (Å²) in [6.45, 7) is 9.32. The van der Waals surface area contributed by atoms with Gasteiger partial charge in [0, 0.05) is 18.1 Å². The monoisotopic (exact) mass is 474 g/mol. The van der Waals surface area contributed by atoms with E-state index in [0.717, 1.165) is 5.56 Å². The number of anilines is 1. The molecular formula is C26H18N8O2. The van der Waals surface area contributed by atoms with E-state index in [1.807, 2.05) is 37.3 Å². The molecule has 2 aromatic heterocycles. The molecule has 1 amide bonds. The molecule has 3 aromatic carbocycles. The van der Waals surface area contributed by atoms with Gasteiger partial charge in [0.1, 0.15) is 5.69 Å². The average Bonchev–Trinajstić information content (AvgIpc) is 3.32. The number of phenolic OH excluding ortho intramolecular Hbond substituents is 1. The number of benzene rings is 3. The van der Waals surface area contributed by atoms with Gasteiger partial charge in [0.25, 0.3) is 17.5 Å². The first-order valence-corrected chi connectivity index (χ1v) is 10.8. The summed E-state index contributed by atoms with van der Waals surface area (Å²) in [6, 6.07) is 17.8. The Bertz CT molecular complexity index is 1670. The summed E-state index contributed by atoms with van der Waals surface area (Å²) in [6.07, 6.45) is 4.41. The summed E-state index contributed by atoms with van der Waals surface area (Å²) in [5, 5.41) is 27.8. The minimum absolute atomic E-state index is 0.0568. The number of para-hydroxylation sites is 1. The van der Waals surface area contributed by atoms with E-state index in [2.05, 4.69) is 35.5 Å². The molecule has 0 bridgehead atoms. The van der Waals surface area contributed by atoms with Gasteiger partial charge in [0.05, 0.1) is 18.3 Å². The van der Waals surface area contributed by atoms with Gasteiger partial charge >= 0.3 is 0 Å². The molecule has 0 radical (unpaired) electrons. The molecule has 2 N–H and O–H groups in total. The van der Waals surface area contributed by atoms with E-state index in [0.29, 0.717) is 16.5 Å². The number of aromatic nitrogens is 4. The van der Waals surface area contributed by atoms with Crippen molar-refractivity contribution in [2.75, 3.05) is 5.32 Å². The zero-order chi connectivity index (χ0) is 25.1. The highest BCUT2D eigenvalue weighted by molar-refractivity contribution is 6.16. The molecule has 10 heteroatoms. The van der Waals surface area contributed by atoms with Gasteiger partial charge in [-0.2, -0.15) is 9.78 Å². The normalized spacial score (nSPS) is 11.0. The van der Waals surface area contributed by atoms with Gasteiger partial charge in [-0.3, -0.25) is 4.79 Å². The number of nitrogens with zero attached hydrogens (tertiary/aromatic N) is 7. The Balaban J connectivity index is 1.60. The van der Waals surface area contributed by atoms with E-state index in [-0.39, 0.29) is 34.5 Å². The Labute approximate surface area is 205 Å². The maximum absolute atomic E-state index is 13.3.